The van der Waals surface area contributed by atoms with Crippen LogP contribution < -0.4 is 0 Å². The van der Waals surface area contributed by atoms with Gasteiger partial charge in [-0.2, -0.15) is 0 Å². The number of benzene rings is 1. The third-order valence-electron chi connectivity index (χ3n) is 2.44. The maximum absolute atomic E-state index is 4.05. The van der Waals surface area contributed by atoms with Crippen LogP contribution in [0.3, 0.4) is 0 Å². The van der Waals surface area contributed by atoms with E-state index in [4.69, 9.17) is 0 Å². The van der Waals surface area contributed by atoms with Crippen molar-refractivity contribution in [2.75, 3.05) is 0 Å². The summed E-state index contributed by atoms with van der Waals surface area (Å²) < 4.78 is 1.88. The van der Waals surface area contributed by atoms with Crippen LogP contribution in [0.5, 0.6) is 0 Å². The first kappa shape index (κ1) is 8.23. The molecule has 0 saturated carbocycles. The fourth-order valence-electron chi connectivity index (χ4n) is 1.66. The molecule has 3 rings (SSSR count). The molecular weight excluding hydrogens is 188 g/mol. The van der Waals surface area contributed by atoms with Crippen LogP contribution in [-0.4, -0.2) is 19.8 Å². The number of fused-ring (bicyclic) bond motifs is 1. The minimum atomic E-state index is 0.853. The highest BCUT2D eigenvalue weighted by Gasteiger charge is 2.06. The molecule has 2 heterocycles. The van der Waals surface area contributed by atoms with E-state index >= 15 is 0 Å². The first-order chi connectivity index (χ1) is 7.34. The Morgan fingerprint density at radius 2 is 1.93 bits per heavy atom. The standard InChI is InChI=1S/C11H10N4/c1-8-12-13-11-7-10(14-15(8)11)9-5-3-2-4-6-9/h2-7,14H,1H3. The maximum Gasteiger partial charge on any atom is 0.177 e. The van der Waals surface area contributed by atoms with Crippen molar-refractivity contribution in [3.63, 3.8) is 0 Å². The van der Waals surface area contributed by atoms with Crippen molar-refractivity contribution in [3.8, 4) is 11.3 Å². The van der Waals surface area contributed by atoms with Gasteiger partial charge in [-0.25, -0.2) is 4.52 Å². The summed E-state index contributed by atoms with van der Waals surface area (Å²) in [6, 6.07) is 12.2. The molecule has 0 unspecified atom stereocenters. The van der Waals surface area contributed by atoms with Crippen molar-refractivity contribution >= 4 is 5.65 Å². The van der Waals surface area contributed by atoms with Crippen LogP contribution in [0.4, 0.5) is 0 Å². The molecule has 0 radical (unpaired) electrons. The Labute approximate surface area is 86.6 Å². The molecule has 0 aliphatic carbocycles. The fourth-order valence-corrected chi connectivity index (χ4v) is 1.66. The fraction of sp³-hybridized carbons (Fsp3) is 0.0909. The summed E-state index contributed by atoms with van der Waals surface area (Å²) >= 11 is 0. The van der Waals surface area contributed by atoms with Gasteiger partial charge in [0, 0.05) is 6.07 Å². The van der Waals surface area contributed by atoms with Crippen LogP contribution in [0.2, 0.25) is 0 Å². The summed E-state index contributed by atoms with van der Waals surface area (Å²) in [5, 5.41) is 11.3. The molecule has 4 nitrogen and oxygen atoms in total. The molecule has 0 saturated heterocycles. The van der Waals surface area contributed by atoms with Gasteiger partial charge in [0.15, 0.2) is 5.65 Å². The van der Waals surface area contributed by atoms with Gasteiger partial charge in [0.2, 0.25) is 0 Å². The molecular formula is C11H10N4. The highest BCUT2D eigenvalue weighted by Crippen LogP contribution is 2.18. The van der Waals surface area contributed by atoms with Crippen molar-refractivity contribution in [1.82, 2.24) is 19.8 Å². The summed E-state index contributed by atoms with van der Waals surface area (Å²) in [6.45, 7) is 1.92. The number of aryl methyl sites for hydroxylation is 1. The molecule has 3 aromatic rings. The van der Waals surface area contributed by atoms with Crippen LogP contribution in [0.1, 0.15) is 5.82 Å². The zero-order valence-corrected chi connectivity index (χ0v) is 8.31. The summed E-state index contributed by atoms with van der Waals surface area (Å²) in [4.78, 5) is 0. The van der Waals surface area contributed by atoms with Crippen LogP contribution in [-0.2, 0) is 0 Å². The monoisotopic (exact) mass is 198 g/mol. The second kappa shape index (κ2) is 2.95. The van der Waals surface area contributed by atoms with Crippen molar-refractivity contribution in [2.45, 2.75) is 6.92 Å². The first-order valence-corrected chi connectivity index (χ1v) is 4.81. The van der Waals surface area contributed by atoms with Gasteiger partial charge in [-0.3, -0.25) is 5.10 Å². The van der Waals surface area contributed by atoms with E-state index in [-0.39, 0.29) is 0 Å². The van der Waals surface area contributed by atoms with Gasteiger partial charge in [0.25, 0.3) is 0 Å². The van der Waals surface area contributed by atoms with Gasteiger partial charge in [-0.15, -0.1) is 10.2 Å². The third-order valence-corrected chi connectivity index (χ3v) is 2.44. The van der Waals surface area contributed by atoms with E-state index in [1.807, 2.05) is 35.7 Å². The zero-order chi connectivity index (χ0) is 10.3. The predicted molar refractivity (Wildman–Crippen MR) is 57.5 cm³/mol. The van der Waals surface area contributed by atoms with Gasteiger partial charge in [0.1, 0.15) is 5.82 Å². The number of rotatable bonds is 1. The normalized spacial score (nSPS) is 11.0. The minimum absolute atomic E-state index is 0.853. The molecule has 1 N–H and O–H groups in total. The number of hydrogen-bond acceptors (Lipinski definition) is 2. The smallest absolute Gasteiger partial charge is 0.177 e. The Kier molecular flexibility index (Phi) is 1.62. The van der Waals surface area contributed by atoms with Gasteiger partial charge in [-0.1, -0.05) is 30.3 Å². The van der Waals surface area contributed by atoms with Gasteiger partial charge >= 0.3 is 0 Å². The van der Waals surface area contributed by atoms with Crippen molar-refractivity contribution in [2.24, 2.45) is 0 Å². The molecule has 0 spiro atoms. The van der Waals surface area contributed by atoms with E-state index in [0.29, 0.717) is 0 Å². The third kappa shape index (κ3) is 1.22. The summed E-state index contributed by atoms with van der Waals surface area (Å²) in [5.74, 6) is 0.868. The van der Waals surface area contributed by atoms with E-state index < -0.39 is 0 Å². The van der Waals surface area contributed by atoms with Crippen molar-refractivity contribution in [1.29, 1.82) is 0 Å². The Balaban J connectivity index is 2.20. The van der Waals surface area contributed by atoms with E-state index in [2.05, 4.69) is 27.4 Å². The summed E-state index contributed by atoms with van der Waals surface area (Å²) in [5.41, 5.74) is 3.07. The Hall–Kier alpha value is -2.10. The van der Waals surface area contributed by atoms with Crippen molar-refractivity contribution in [3.05, 3.63) is 42.2 Å². The van der Waals surface area contributed by atoms with Crippen LogP contribution in [0, 0.1) is 6.92 Å². The maximum atomic E-state index is 4.05. The number of nitrogens with one attached hydrogen (secondary N) is 1. The lowest BCUT2D eigenvalue weighted by Crippen LogP contribution is -1.88. The van der Waals surface area contributed by atoms with Crippen LogP contribution in [0.15, 0.2) is 36.4 Å². The average molecular weight is 198 g/mol. The zero-order valence-electron chi connectivity index (χ0n) is 8.31. The van der Waals surface area contributed by atoms with Crippen LogP contribution in [0.25, 0.3) is 16.9 Å². The molecule has 0 bridgehead atoms. The van der Waals surface area contributed by atoms with Crippen LogP contribution >= 0.6 is 0 Å². The molecule has 0 aliphatic heterocycles. The van der Waals surface area contributed by atoms with Gasteiger partial charge < -0.3 is 0 Å². The molecule has 0 aliphatic rings. The molecule has 0 amide bonds. The summed E-state index contributed by atoms with van der Waals surface area (Å²) in [6.07, 6.45) is 0. The van der Waals surface area contributed by atoms with E-state index in [1.165, 1.54) is 0 Å². The van der Waals surface area contributed by atoms with Gasteiger partial charge in [-0.05, 0) is 12.5 Å². The molecule has 2 aromatic heterocycles. The highest BCUT2D eigenvalue weighted by molar-refractivity contribution is 5.63. The lowest BCUT2D eigenvalue weighted by Gasteiger charge is -1.95. The summed E-state index contributed by atoms with van der Waals surface area (Å²) in [7, 11) is 0. The quantitative estimate of drug-likeness (QED) is 0.650. The molecule has 74 valence electrons. The number of aromatic amines is 1. The van der Waals surface area contributed by atoms with Crippen molar-refractivity contribution < 1.29 is 0 Å². The minimum Gasteiger partial charge on any atom is -0.290 e. The Morgan fingerprint density at radius 1 is 1.13 bits per heavy atom. The highest BCUT2D eigenvalue weighted by atomic mass is 15.4. The molecule has 0 fully saturated rings. The molecule has 15 heavy (non-hydrogen) atoms. The van der Waals surface area contributed by atoms with E-state index in [0.717, 1.165) is 22.7 Å². The number of H-pyrrole nitrogens is 1. The molecule has 0 atom stereocenters. The Bertz CT molecular complexity index is 591. The topological polar surface area (TPSA) is 46.0 Å². The number of nitrogens with zero attached hydrogens (tertiary/aromatic N) is 3. The Morgan fingerprint density at radius 3 is 2.67 bits per heavy atom. The lowest BCUT2D eigenvalue weighted by molar-refractivity contribution is 0.897. The second-order valence-electron chi connectivity index (χ2n) is 3.48. The van der Waals surface area contributed by atoms with Gasteiger partial charge in [0.05, 0.1) is 5.69 Å². The second-order valence-corrected chi connectivity index (χ2v) is 3.48. The number of hydrogen-bond donors (Lipinski definition) is 1. The lowest BCUT2D eigenvalue weighted by atomic mass is 10.2. The largest absolute Gasteiger partial charge is 0.290 e. The van der Waals surface area contributed by atoms with E-state index in [9.17, 15) is 0 Å². The predicted octanol–water partition coefficient (Wildman–Crippen LogP) is 2.03. The molecule has 1 aromatic carbocycles. The SMILES string of the molecule is Cc1nnc2cc(-c3ccccc3)[nH]n12. The van der Waals surface area contributed by atoms with E-state index in [1.54, 1.807) is 0 Å². The molecule has 4 heteroatoms. The first-order valence-electron chi connectivity index (χ1n) is 4.81. The average Bonchev–Trinajstić information content (AvgIpc) is 2.83. The number of aromatic nitrogens is 4.